The van der Waals surface area contributed by atoms with E-state index in [0.717, 1.165) is 30.2 Å². The van der Waals surface area contributed by atoms with Crippen molar-refractivity contribution in [3.8, 4) is 0 Å². The highest BCUT2D eigenvalue weighted by Gasteiger charge is 2.33. The molecule has 148 valence electrons. The minimum absolute atomic E-state index is 0.0564. The maximum atomic E-state index is 13.2. The summed E-state index contributed by atoms with van der Waals surface area (Å²) in [5, 5.41) is 6.35. The van der Waals surface area contributed by atoms with Gasteiger partial charge in [-0.3, -0.25) is 0 Å². The third kappa shape index (κ3) is 5.97. The number of rotatable bonds is 7. The van der Waals surface area contributed by atoms with E-state index in [-0.39, 0.29) is 11.8 Å². The Morgan fingerprint density at radius 2 is 1.85 bits per heavy atom. The van der Waals surface area contributed by atoms with Crippen molar-refractivity contribution in [2.24, 2.45) is 0 Å². The summed E-state index contributed by atoms with van der Waals surface area (Å²) in [5.74, 6) is -0.00989. The summed E-state index contributed by atoms with van der Waals surface area (Å²) in [6.45, 7) is 4.91. The Bertz CT molecular complexity index is 793. The van der Waals surface area contributed by atoms with Gasteiger partial charge in [-0.05, 0) is 58.1 Å². The van der Waals surface area contributed by atoms with Gasteiger partial charge in [0.2, 0.25) is 5.95 Å². The Labute approximate surface area is 162 Å². The van der Waals surface area contributed by atoms with Gasteiger partial charge in [0.1, 0.15) is 5.82 Å². The Kier molecular flexibility index (Phi) is 6.89. The highest BCUT2D eigenvalue weighted by Crippen LogP contribution is 2.33. The molecule has 1 aromatic carbocycles. The normalized spacial score (nSPS) is 11.7. The predicted octanol–water partition coefficient (Wildman–Crippen LogP) is 4.87. The van der Waals surface area contributed by atoms with Crippen molar-refractivity contribution in [2.45, 2.75) is 26.4 Å². The van der Waals surface area contributed by atoms with Crippen LogP contribution >= 0.6 is 11.6 Å². The molecular formula is C18H23ClF3N5. The molecule has 0 aliphatic heterocycles. The second-order valence-electron chi connectivity index (χ2n) is 6.53. The van der Waals surface area contributed by atoms with Crippen molar-refractivity contribution < 1.29 is 13.2 Å². The minimum Gasteiger partial charge on any atom is -0.354 e. The van der Waals surface area contributed by atoms with Gasteiger partial charge >= 0.3 is 6.18 Å². The number of aryl methyl sites for hydroxylation is 1. The number of aromatic nitrogens is 2. The average Bonchev–Trinajstić information content (AvgIpc) is 2.58. The summed E-state index contributed by atoms with van der Waals surface area (Å²) < 4.78 is 39.7. The first-order valence-corrected chi connectivity index (χ1v) is 8.83. The van der Waals surface area contributed by atoms with E-state index in [1.54, 1.807) is 19.1 Å². The average molecular weight is 402 g/mol. The van der Waals surface area contributed by atoms with Crippen LogP contribution in [0, 0.1) is 13.8 Å². The van der Waals surface area contributed by atoms with Crippen LogP contribution < -0.4 is 10.6 Å². The fourth-order valence-corrected chi connectivity index (χ4v) is 2.63. The van der Waals surface area contributed by atoms with Gasteiger partial charge < -0.3 is 15.5 Å². The quantitative estimate of drug-likeness (QED) is 0.648. The van der Waals surface area contributed by atoms with Crippen LogP contribution in [0.15, 0.2) is 18.2 Å². The number of hydrogen-bond acceptors (Lipinski definition) is 5. The van der Waals surface area contributed by atoms with E-state index >= 15 is 0 Å². The van der Waals surface area contributed by atoms with Gasteiger partial charge in [0, 0.05) is 23.3 Å². The van der Waals surface area contributed by atoms with Crippen LogP contribution in [-0.4, -0.2) is 42.1 Å². The topological polar surface area (TPSA) is 53.1 Å². The van der Waals surface area contributed by atoms with Gasteiger partial charge in [0.15, 0.2) is 5.69 Å². The van der Waals surface area contributed by atoms with E-state index in [4.69, 9.17) is 11.6 Å². The Morgan fingerprint density at radius 1 is 1.15 bits per heavy atom. The Balaban J connectivity index is 2.30. The smallest absolute Gasteiger partial charge is 0.354 e. The standard InChI is InChI=1S/C18H23ClF3N5/c1-11-6-7-13(19)12(2)16(11)25-15-10-14(18(20,21)22)24-17(26-15)23-8-5-9-27(3)4/h6-7,10H,5,8-9H2,1-4H3,(H2,23,24,25,26). The van der Waals surface area contributed by atoms with Crippen LogP contribution in [0.3, 0.4) is 0 Å². The largest absolute Gasteiger partial charge is 0.433 e. The molecule has 0 bridgehead atoms. The Hall–Kier alpha value is -2.06. The first-order chi connectivity index (χ1) is 12.6. The summed E-state index contributed by atoms with van der Waals surface area (Å²) >= 11 is 6.13. The number of hydrogen-bond donors (Lipinski definition) is 2. The number of benzene rings is 1. The van der Waals surface area contributed by atoms with E-state index in [0.29, 0.717) is 17.3 Å². The summed E-state index contributed by atoms with van der Waals surface area (Å²) in [7, 11) is 3.86. The second-order valence-corrected chi connectivity index (χ2v) is 6.94. The predicted molar refractivity (Wildman–Crippen MR) is 103 cm³/mol. The molecule has 5 nitrogen and oxygen atoms in total. The molecule has 0 atom stereocenters. The molecule has 0 saturated heterocycles. The number of anilines is 3. The van der Waals surface area contributed by atoms with Crippen molar-refractivity contribution in [1.29, 1.82) is 0 Å². The second kappa shape index (κ2) is 8.75. The molecular weight excluding hydrogens is 379 g/mol. The third-order valence-electron chi connectivity index (χ3n) is 3.94. The molecule has 2 N–H and O–H groups in total. The van der Waals surface area contributed by atoms with Crippen LogP contribution in [0.1, 0.15) is 23.2 Å². The maximum absolute atomic E-state index is 13.2. The van der Waals surface area contributed by atoms with Crippen molar-refractivity contribution in [1.82, 2.24) is 14.9 Å². The lowest BCUT2D eigenvalue weighted by Gasteiger charge is -2.16. The van der Waals surface area contributed by atoms with Gasteiger partial charge in [-0.2, -0.15) is 18.2 Å². The van der Waals surface area contributed by atoms with Gasteiger partial charge in [0.05, 0.1) is 0 Å². The molecule has 0 spiro atoms. The molecule has 0 radical (unpaired) electrons. The lowest BCUT2D eigenvalue weighted by molar-refractivity contribution is -0.141. The molecule has 0 unspecified atom stereocenters. The van der Waals surface area contributed by atoms with Crippen molar-refractivity contribution in [2.75, 3.05) is 37.8 Å². The highest BCUT2D eigenvalue weighted by atomic mass is 35.5. The van der Waals surface area contributed by atoms with Crippen LogP contribution in [0.4, 0.5) is 30.6 Å². The van der Waals surface area contributed by atoms with Crippen molar-refractivity contribution in [3.63, 3.8) is 0 Å². The van der Waals surface area contributed by atoms with Gasteiger partial charge in [-0.25, -0.2) is 4.98 Å². The zero-order chi connectivity index (χ0) is 20.2. The lowest BCUT2D eigenvalue weighted by Crippen LogP contribution is -2.18. The molecule has 0 amide bonds. The molecule has 0 aliphatic carbocycles. The number of halogens is 4. The number of nitrogens with one attached hydrogen (secondary N) is 2. The lowest BCUT2D eigenvalue weighted by atomic mass is 10.1. The molecule has 27 heavy (non-hydrogen) atoms. The molecule has 0 fully saturated rings. The highest BCUT2D eigenvalue weighted by molar-refractivity contribution is 6.31. The fraction of sp³-hybridized carbons (Fsp3) is 0.444. The van der Waals surface area contributed by atoms with Crippen LogP contribution in [-0.2, 0) is 6.18 Å². The van der Waals surface area contributed by atoms with Gasteiger partial charge in [-0.1, -0.05) is 17.7 Å². The molecule has 0 aliphatic rings. The van der Waals surface area contributed by atoms with Crippen molar-refractivity contribution >= 4 is 29.1 Å². The van der Waals surface area contributed by atoms with Gasteiger partial charge in [0.25, 0.3) is 0 Å². The Morgan fingerprint density at radius 3 is 2.48 bits per heavy atom. The molecule has 2 rings (SSSR count). The van der Waals surface area contributed by atoms with Gasteiger partial charge in [-0.15, -0.1) is 0 Å². The first-order valence-electron chi connectivity index (χ1n) is 8.45. The van der Waals surface area contributed by atoms with E-state index in [2.05, 4.69) is 20.6 Å². The van der Waals surface area contributed by atoms with Crippen LogP contribution in [0.2, 0.25) is 5.02 Å². The van der Waals surface area contributed by atoms with Crippen LogP contribution in [0.25, 0.3) is 0 Å². The third-order valence-corrected chi connectivity index (χ3v) is 4.35. The van der Waals surface area contributed by atoms with E-state index in [1.807, 2.05) is 25.9 Å². The maximum Gasteiger partial charge on any atom is 0.433 e. The molecule has 9 heteroatoms. The summed E-state index contributed by atoms with van der Waals surface area (Å²) in [6.07, 6.45) is -3.82. The van der Waals surface area contributed by atoms with Crippen LogP contribution in [0.5, 0.6) is 0 Å². The molecule has 2 aromatic rings. The monoisotopic (exact) mass is 401 g/mol. The zero-order valence-corrected chi connectivity index (χ0v) is 16.5. The number of nitrogens with zero attached hydrogens (tertiary/aromatic N) is 3. The molecule has 1 aromatic heterocycles. The van der Waals surface area contributed by atoms with Crippen molar-refractivity contribution in [3.05, 3.63) is 40.0 Å². The van der Waals surface area contributed by atoms with E-state index in [1.165, 1.54) is 0 Å². The summed E-state index contributed by atoms with van der Waals surface area (Å²) in [6, 6.07) is 4.44. The summed E-state index contributed by atoms with van der Waals surface area (Å²) in [4.78, 5) is 9.77. The van der Waals surface area contributed by atoms with E-state index in [9.17, 15) is 13.2 Å². The zero-order valence-electron chi connectivity index (χ0n) is 15.7. The summed E-state index contributed by atoms with van der Waals surface area (Å²) in [5.41, 5.74) is 1.22. The minimum atomic E-state index is -4.57. The van der Waals surface area contributed by atoms with E-state index < -0.39 is 11.9 Å². The fourth-order valence-electron chi connectivity index (χ4n) is 2.47. The molecule has 1 heterocycles. The first kappa shape index (κ1) is 21.2. The molecule has 0 saturated carbocycles. The SMILES string of the molecule is Cc1ccc(Cl)c(C)c1Nc1cc(C(F)(F)F)nc(NCCCN(C)C)n1. The number of alkyl halides is 3.